The van der Waals surface area contributed by atoms with Crippen molar-refractivity contribution in [2.75, 3.05) is 0 Å². The molecule has 0 aromatic carbocycles. The summed E-state index contributed by atoms with van der Waals surface area (Å²) < 4.78 is 0. The quantitative estimate of drug-likeness (QED) is 0.412. The first kappa shape index (κ1) is 10.2. The van der Waals surface area contributed by atoms with Gasteiger partial charge in [-0.3, -0.25) is 0 Å². The van der Waals surface area contributed by atoms with Gasteiger partial charge < -0.3 is 0 Å². The zero-order valence-corrected chi connectivity index (χ0v) is 7.59. The number of allylic oxidation sites excluding steroid dienone is 6. The van der Waals surface area contributed by atoms with E-state index in [-0.39, 0.29) is 0 Å². The van der Waals surface area contributed by atoms with Gasteiger partial charge in [0.25, 0.3) is 0 Å². The van der Waals surface area contributed by atoms with Crippen LogP contribution in [0.3, 0.4) is 0 Å². The Hall–Kier alpha value is -0.780. The van der Waals surface area contributed by atoms with E-state index in [1.807, 2.05) is 0 Å². The predicted molar refractivity (Wildman–Crippen MR) is 52.6 cm³/mol. The minimum absolute atomic E-state index is 1.06. The highest BCUT2D eigenvalue weighted by molar-refractivity contribution is 5.04. The molecule has 0 atom stereocenters. The highest BCUT2D eigenvalue weighted by Crippen LogP contribution is 1.89. The summed E-state index contributed by atoms with van der Waals surface area (Å²) in [5.74, 6) is 0. The van der Waals surface area contributed by atoms with Crippen molar-refractivity contribution in [3.05, 3.63) is 36.5 Å². The molecule has 0 saturated heterocycles. The van der Waals surface area contributed by atoms with Crippen LogP contribution in [0.2, 0.25) is 0 Å². The van der Waals surface area contributed by atoms with E-state index in [4.69, 9.17) is 0 Å². The molecule has 0 aliphatic carbocycles. The standard InChI is InChI=1S/C11H18/c1-3-5-7-9-11-10-8-6-4-2/h5-9,11H,3-4,10H2,1-2H3/b7-5-,8-6+,11-9-. The third-order valence-electron chi connectivity index (χ3n) is 1.29. The molecule has 11 heavy (non-hydrogen) atoms. The van der Waals surface area contributed by atoms with Crippen LogP contribution in [-0.4, -0.2) is 0 Å². The average Bonchev–Trinajstić information content (AvgIpc) is 2.03. The highest BCUT2D eigenvalue weighted by atomic mass is 13.7. The van der Waals surface area contributed by atoms with Gasteiger partial charge in [0.2, 0.25) is 0 Å². The van der Waals surface area contributed by atoms with Crippen LogP contribution in [0.25, 0.3) is 0 Å². The van der Waals surface area contributed by atoms with Crippen LogP contribution in [0, 0.1) is 0 Å². The van der Waals surface area contributed by atoms with Gasteiger partial charge in [0.1, 0.15) is 0 Å². The third kappa shape index (κ3) is 9.22. The lowest BCUT2D eigenvalue weighted by atomic mass is 10.3. The van der Waals surface area contributed by atoms with Crippen molar-refractivity contribution in [2.45, 2.75) is 33.1 Å². The molecule has 0 heterocycles. The summed E-state index contributed by atoms with van der Waals surface area (Å²) in [6.45, 7) is 4.29. The topological polar surface area (TPSA) is 0 Å². The second-order valence-corrected chi connectivity index (χ2v) is 2.38. The molecule has 0 aromatic heterocycles. The van der Waals surface area contributed by atoms with Gasteiger partial charge in [-0.25, -0.2) is 0 Å². The van der Waals surface area contributed by atoms with Gasteiger partial charge in [-0.15, -0.1) is 0 Å². The van der Waals surface area contributed by atoms with Crippen LogP contribution in [0.1, 0.15) is 33.1 Å². The van der Waals surface area contributed by atoms with Gasteiger partial charge >= 0.3 is 0 Å². The first-order valence-corrected chi connectivity index (χ1v) is 4.38. The molecule has 0 heteroatoms. The van der Waals surface area contributed by atoms with E-state index in [0.717, 1.165) is 19.3 Å². The second-order valence-electron chi connectivity index (χ2n) is 2.38. The highest BCUT2D eigenvalue weighted by Gasteiger charge is 1.68. The Morgan fingerprint density at radius 1 is 0.727 bits per heavy atom. The van der Waals surface area contributed by atoms with E-state index in [2.05, 4.69) is 50.3 Å². The molecule has 0 aliphatic rings. The number of hydrogen-bond acceptors (Lipinski definition) is 0. The van der Waals surface area contributed by atoms with Crippen molar-refractivity contribution in [2.24, 2.45) is 0 Å². The molecule has 0 bridgehead atoms. The van der Waals surface area contributed by atoms with Crippen LogP contribution < -0.4 is 0 Å². The van der Waals surface area contributed by atoms with Crippen LogP contribution in [0.4, 0.5) is 0 Å². The summed E-state index contributed by atoms with van der Waals surface area (Å²) in [4.78, 5) is 0. The molecule has 0 fully saturated rings. The Kier molecular flexibility index (Phi) is 8.57. The van der Waals surface area contributed by atoms with E-state index in [1.54, 1.807) is 0 Å². The van der Waals surface area contributed by atoms with E-state index < -0.39 is 0 Å². The summed E-state index contributed by atoms with van der Waals surface area (Å²) in [6.07, 6.45) is 16.2. The zero-order chi connectivity index (χ0) is 8.36. The van der Waals surface area contributed by atoms with Gasteiger partial charge in [0.15, 0.2) is 0 Å². The fourth-order valence-corrected chi connectivity index (χ4v) is 0.713. The third-order valence-corrected chi connectivity index (χ3v) is 1.29. The van der Waals surface area contributed by atoms with E-state index in [0.29, 0.717) is 0 Å². The number of rotatable bonds is 5. The summed E-state index contributed by atoms with van der Waals surface area (Å²) in [7, 11) is 0. The van der Waals surface area contributed by atoms with Crippen LogP contribution >= 0.6 is 0 Å². The lowest BCUT2D eigenvalue weighted by Gasteiger charge is -1.79. The smallest absolute Gasteiger partial charge is 0.0166 e. The summed E-state index contributed by atoms with van der Waals surface area (Å²) in [5, 5.41) is 0. The minimum Gasteiger partial charge on any atom is -0.0885 e. The molecule has 0 unspecified atom stereocenters. The second kappa shape index (κ2) is 9.22. The predicted octanol–water partition coefficient (Wildman–Crippen LogP) is 3.87. The Balaban J connectivity index is 3.29. The normalized spacial score (nSPS) is 12.5. The first-order chi connectivity index (χ1) is 5.41. The van der Waals surface area contributed by atoms with Gasteiger partial charge in [-0.2, -0.15) is 0 Å². The van der Waals surface area contributed by atoms with Gasteiger partial charge in [-0.05, 0) is 19.3 Å². The van der Waals surface area contributed by atoms with Crippen LogP contribution in [0.15, 0.2) is 36.5 Å². The first-order valence-electron chi connectivity index (χ1n) is 4.38. The lowest BCUT2D eigenvalue weighted by Crippen LogP contribution is -1.58. The molecule has 0 nitrogen and oxygen atoms in total. The maximum Gasteiger partial charge on any atom is -0.0166 e. The summed E-state index contributed by atoms with van der Waals surface area (Å²) in [5.41, 5.74) is 0. The van der Waals surface area contributed by atoms with Crippen molar-refractivity contribution in [1.82, 2.24) is 0 Å². The molecule has 0 aliphatic heterocycles. The fourth-order valence-electron chi connectivity index (χ4n) is 0.713. The van der Waals surface area contributed by atoms with E-state index >= 15 is 0 Å². The molecular weight excluding hydrogens is 132 g/mol. The minimum atomic E-state index is 1.06. The largest absolute Gasteiger partial charge is 0.0885 e. The zero-order valence-electron chi connectivity index (χ0n) is 7.59. The Morgan fingerprint density at radius 2 is 1.36 bits per heavy atom. The monoisotopic (exact) mass is 150 g/mol. The lowest BCUT2D eigenvalue weighted by molar-refractivity contribution is 1.20. The molecule has 0 radical (unpaired) electrons. The Morgan fingerprint density at radius 3 is 2.00 bits per heavy atom. The van der Waals surface area contributed by atoms with Gasteiger partial charge in [-0.1, -0.05) is 50.3 Å². The van der Waals surface area contributed by atoms with Gasteiger partial charge in [0.05, 0.1) is 0 Å². The van der Waals surface area contributed by atoms with Crippen molar-refractivity contribution < 1.29 is 0 Å². The SMILES string of the molecule is CC/C=C\C=C/C/C=C/CC. The van der Waals surface area contributed by atoms with Crippen LogP contribution in [0.5, 0.6) is 0 Å². The average molecular weight is 150 g/mol. The Labute approximate surface area is 70.3 Å². The van der Waals surface area contributed by atoms with Crippen molar-refractivity contribution in [1.29, 1.82) is 0 Å². The fraction of sp³-hybridized carbons (Fsp3) is 0.455. The maximum absolute atomic E-state index is 2.19. The van der Waals surface area contributed by atoms with Gasteiger partial charge in [0, 0.05) is 0 Å². The molecule has 0 saturated carbocycles. The molecule has 0 amide bonds. The maximum atomic E-state index is 2.19. The van der Waals surface area contributed by atoms with Crippen molar-refractivity contribution in [3.8, 4) is 0 Å². The molecule has 0 rings (SSSR count). The molecule has 0 spiro atoms. The van der Waals surface area contributed by atoms with E-state index in [1.165, 1.54) is 0 Å². The summed E-state index contributed by atoms with van der Waals surface area (Å²) in [6, 6.07) is 0. The number of hydrogen-bond donors (Lipinski definition) is 0. The molecule has 0 aromatic rings. The van der Waals surface area contributed by atoms with Crippen molar-refractivity contribution in [3.63, 3.8) is 0 Å². The Bertz CT molecular complexity index is 138. The van der Waals surface area contributed by atoms with E-state index in [9.17, 15) is 0 Å². The molecule has 0 N–H and O–H groups in total. The summed E-state index contributed by atoms with van der Waals surface area (Å²) >= 11 is 0. The molecule has 62 valence electrons. The van der Waals surface area contributed by atoms with Crippen molar-refractivity contribution >= 4 is 0 Å². The molecular formula is C11H18. The van der Waals surface area contributed by atoms with Crippen LogP contribution in [-0.2, 0) is 0 Å².